The molecule has 3 N–H and O–H groups in total. The predicted molar refractivity (Wildman–Crippen MR) is 95.4 cm³/mol. The van der Waals surface area contributed by atoms with Gasteiger partial charge < -0.3 is 20.7 Å². The van der Waals surface area contributed by atoms with Crippen LogP contribution in [0.25, 0.3) is 0 Å². The summed E-state index contributed by atoms with van der Waals surface area (Å²) in [4.78, 5) is 23.3. The number of nitrogens with one attached hydrogen (secondary N) is 3. The third kappa shape index (κ3) is 5.76. The van der Waals surface area contributed by atoms with Crippen LogP contribution in [0.4, 0.5) is 11.4 Å². The second kappa shape index (κ2) is 9.15. The van der Waals surface area contributed by atoms with Crippen LogP contribution >= 0.6 is 0 Å². The standard InChI is InChI=1S/C18H27N3O3/c1-13(22)20-15-9-10-17(24-2)16(11-15)19-12-18(23)21-14-7-5-3-4-6-8-14/h9-11,14,19H,3-8,12H2,1-2H3,(H,20,22)(H,21,23). The van der Waals surface area contributed by atoms with Crippen molar-refractivity contribution in [3.8, 4) is 5.75 Å². The maximum absolute atomic E-state index is 12.2. The van der Waals surface area contributed by atoms with Crippen molar-refractivity contribution in [2.75, 3.05) is 24.3 Å². The smallest absolute Gasteiger partial charge is 0.239 e. The van der Waals surface area contributed by atoms with E-state index in [1.807, 2.05) is 0 Å². The third-order valence-electron chi connectivity index (χ3n) is 4.18. The molecule has 1 aliphatic rings. The van der Waals surface area contributed by atoms with E-state index < -0.39 is 0 Å². The Hall–Kier alpha value is -2.24. The molecule has 6 nitrogen and oxygen atoms in total. The highest BCUT2D eigenvalue weighted by Crippen LogP contribution is 2.27. The number of amides is 2. The molecule has 0 radical (unpaired) electrons. The first kappa shape index (κ1) is 18.1. The number of ether oxygens (including phenoxy) is 1. The number of hydrogen-bond donors (Lipinski definition) is 3. The second-order valence-corrected chi connectivity index (χ2v) is 6.21. The summed E-state index contributed by atoms with van der Waals surface area (Å²) < 4.78 is 5.30. The molecular formula is C18H27N3O3. The summed E-state index contributed by atoms with van der Waals surface area (Å²) in [6.45, 7) is 1.63. The summed E-state index contributed by atoms with van der Waals surface area (Å²) in [6.07, 6.45) is 7.02. The normalized spacial score (nSPS) is 15.2. The molecular weight excluding hydrogens is 306 g/mol. The maximum Gasteiger partial charge on any atom is 0.239 e. The van der Waals surface area contributed by atoms with E-state index in [0.717, 1.165) is 12.8 Å². The Morgan fingerprint density at radius 1 is 1.17 bits per heavy atom. The van der Waals surface area contributed by atoms with Gasteiger partial charge in [0.1, 0.15) is 5.75 Å². The van der Waals surface area contributed by atoms with Gasteiger partial charge in [-0.3, -0.25) is 9.59 Å². The largest absolute Gasteiger partial charge is 0.495 e. The average molecular weight is 333 g/mol. The molecule has 0 bridgehead atoms. The fraction of sp³-hybridized carbons (Fsp3) is 0.556. The van der Waals surface area contributed by atoms with Gasteiger partial charge in [0.2, 0.25) is 11.8 Å². The van der Waals surface area contributed by atoms with Crippen LogP contribution in [-0.4, -0.2) is 31.5 Å². The fourth-order valence-electron chi connectivity index (χ4n) is 3.01. The number of carbonyl (C=O) groups excluding carboxylic acids is 2. The van der Waals surface area contributed by atoms with Crippen molar-refractivity contribution in [1.29, 1.82) is 0 Å². The molecule has 0 atom stereocenters. The van der Waals surface area contributed by atoms with Gasteiger partial charge in [0.05, 0.1) is 19.3 Å². The van der Waals surface area contributed by atoms with Gasteiger partial charge in [0, 0.05) is 18.7 Å². The fourth-order valence-corrected chi connectivity index (χ4v) is 3.01. The zero-order valence-electron chi connectivity index (χ0n) is 14.5. The van der Waals surface area contributed by atoms with Crippen LogP contribution in [-0.2, 0) is 9.59 Å². The summed E-state index contributed by atoms with van der Waals surface area (Å²) in [5, 5.41) is 8.92. The van der Waals surface area contributed by atoms with Gasteiger partial charge in [-0.25, -0.2) is 0 Å². The SMILES string of the molecule is COc1ccc(NC(C)=O)cc1NCC(=O)NC1CCCCCC1. The first-order valence-corrected chi connectivity index (χ1v) is 8.57. The Morgan fingerprint density at radius 2 is 1.88 bits per heavy atom. The molecule has 0 unspecified atom stereocenters. The zero-order valence-corrected chi connectivity index (χ0v) is 14.5. The monoisotopic (exact) mass is 333 g/mol. The van der Waals surface area contributed by atoms with E-state index in [1.165, 1.54) is 32.6 Å². The molecule has 1 saturated carbocycles. The molecule has 1 fully saturated rings. The minimum absolute atomic E-state index is 0.0196. The number of anilines is 2. The molecule has 2 amide bonds. The molecule has 1 aromatic carbocycles. The number of rotatable bonds is 6. The summed E-state index contributed by atoms with van der Waals surface area (Å²) in [6, 6.07) is 5.57. The number of carbonyl (C=O) groups is 2. The molecule has 0 aromatic heterocycles. The summed E-state index contributed by atoms with van der Waals surface area (Å²) >= 11 is 0. The molecule has 6 heteroatoms. The van der Waals surface area contributed by atoms with E-state index in [9.17, 15) is 9.59 Å². The minimum atomic E-state index is -0.141. The van der Waals surface area contributed by atoms with Crippen LogP contribution in [0.1, 0.15) is 45.4 Å². The van der Waals surface area contributed by atoms with Crippen molar-refractivity contribution in [3.05, 3.63) is 18.2 Å². The van der Waals surface area contributed by atoms with Crippen LogP contribution in [0.5, 0.6) is 5.75 Å². The topological polar surface area (TPSA) is 79.5 Å². The first-order valence-electron chi connectivity index (χ1n) is 8.57. The summed E-state index contributed by atoms with van der Waals surface area (Å²) in [7, 11) is 1.57. The quantitative estimate of drug-likeness (QED) is 0.699. The van der Waals surface area contributed by atoms with Gasteiger partial charge in [0.15, 0.2) is 0 Å². The molecule has 1 aromatic rings. The van der Waals surface area contributed by atoms with Gasteiger partial charge >= 0.3 is 0 Å². The lowest BCUT2D eigenvalue weighted by atomic mass is 10.1. The number of benzene rings is 1. The van der Waals surface area contributed by atoms with Gasteiger partial charge in [0.25, 0.3) is 0 Å². The van der Waals surface area contributed by atoms with Crippen molar-refractivity contribution < 1.29 is 14.3 Å². The molecule has 0 heterocycles. The lowest BCUT2D eigenvalue weighted by molar-refractivity contribution is -0.120. The molecule has 132 valence electrons. The Labute approximate surface area is 143 Å². The zero-order chi connectivity index (χ0) is 17.4. The van der Waals surface area contributed by atoms with Crippen LogP contribution in [0, 0.1) is 0 Å². The Balaban J connectivity index is 1.91. The summed E-state index contributed by atoms with van der Waals surface area (Å²) in [5.74, 6) is 0.470. The Kier molecular flexibility index (Phi) is 6.90. The van der Waals surface area contributed by atoms with Gasteiger partial charge in [-0.2, -0.15) is 0 Å². The van der Waals surface area contributed by atoms with Gasteiger partial charge in [-0.05, 0) is 31.0 Å². The molecule has 0 spiro atoms. The second-order valence-electron chi connectivity index (χ2n) is 6.21. The third-order valence-corrected chi connectivity index (χ3v) is 4.18. The molecule has 2 rings (SSSR count). The van der Waals surface area contributed by atoms with Crippen LogP contribution in [0.3, 0.4) is 0 Å². The van der Waals surface area contributed by atoms with Crippen molar-refractivity contribution in [2.24, 2.45) is 0 Å². The molecule has 1 aliphatic carbocycles. The Morgan fingerprint density at radius 3 is 2.50 bits per heavy atom. The van der Waals surface area contributed by atoms with Crippen LogP contribution in [0.15, 0.2) is 18.2 Å². The van der Waals surface area contributed by atoms with E-state index in [4.69, 9.17) is 4.74 Å². The van der Waals surface area contributed by atoms with Crippen LogP contribution in [0.2, 0.25) is 0 Å². The highest BCUT2D eigenvalue weighted by atomic mass is 16.5. The highest BCUT2D eigenvalue weighted by molar-refractivity contribution is 5.90. The molecule has 0 saturated heterocycles. The first-order chi connectivity index (χ1) is 11.6. The maximum atomic E-state index is 12.2. The minimum Gasteiger partial charge on any atom is -0.495 e. The van der Waals surface area contributed by atoms with Crippen molar-refractivity contribution >= 4 is 23.2 Å². The van der Waals surface area contributed by atoms with E-state index in [1.54, 1.807) is 25.3 Å². The number of hydrogen-bond acceptors (Lipinski definition) is 4. The van der Waals surface area contributed by atoms with E-state index in [2.05, 4.69) is 16.0 Å². The van der Waals surface area contributed by atoms with E-state index >= 15 is 0 Å². The van der Waals surface area contributed by atoms with Crippen molar-refractivity contribution in [1.82, 2.24) is 5.32 Å². The van der Waals surface area contributed by atoms with Crippen molar-refractivity contribution in [2.45, 2.75) is 51.5 Å². The molecule has 24 heavy (non-hydrogen) atoms. The van der Waals surface area contributed by atoms with Gasteiger partial charge in [-0.15, -0.1) is 0 Å². The average Bonchev–Trinajstić information content (AvgIpc) is 2.81. The predicted octanol–water partition coefficient (Wildman–Crippen LogP) is 2.90. The number of methoxy groups -OCH3 is 1. The molecule has 0 aliphatic heterocycles. The van der Waals surface area contributed by atoms with Gasteiger partial charge in [-0.1, -0.05) is 25.7 Å². The Bertz CT molecular complexity index is 567. The highest BCUT2D eigenvalue weighted by Gasteiger charge is 2.15. The lowest BCUT2D eigenvalue weighted by Crippen LogP contribution is -2.38. The lowest BCUT2D eigenvalue weighted by Gasteiger charge is -2.17. The summed E-state index contributed by atoms with van der Waals surface area (Å²) in [5.41, 5.74) is 1.34. The van der Waals surface area contributed by atoms with Crippen LogP contribution < -0.4 is 20.7 Å². The van der Waals surface area contributed by atoms with E-state index in [0.29, 0.717) is 17.1 Å². The van der Waals surface area contributed by atoms with Crippen molar-refractivity contribution in [3.63, 3.8) is 0 Å². The van der Waals surface area contributed by atoms with E-state index in [-0.39, 0.29) is 24.4 Å².